The van der Waals surface area contributed by atoms with Gasteiger partial charge in [0.05, 0.1) is 10.8 Å². The van der Waals surface area contributed by atoms with Gasteiger partial charge in [0.25, 0.3) is 5.69 Å². The molecule has 0 radical (unpaired) electrons. The van der Waals surface area contributed by atoms with Crippen LogP contribution in [0, 0.1) is 16.0 Å². The summed E-state index contributed by atoms with van der Waals surface area (Å²) in [4.78, 5) is 33.6. The van der Waals surface area contributed by atoms with E-state index in [1.54, 1.807) is 0 Å². The Hall–Kier alpha value is -3.02. The van der Waals surface area contributed by atoms with Crippen LogP contribution in [-0.2, 0) is 11.2 Å². The van der Waals surface area contributed by atoms with Crippen molar-refractivity contribution >= 4 is 17.4 Å². The Morgan fingerprint density at radius 2 is 1.65 bits per heavy atom. The molecule has 1 unspecified atom stereocenters. The van der Waals surface area contributed by atoms with Crippen LogP contribution in [0.1, 0.15) is 22.3 Å². The molecule has 6 heteroatoms. The van der Waals surface area contributed by atoms with Crippen molar-refractivity contribution in [2.45, 2.75) is 12.8 Å². The minimum absolute atomic E-state index is 0.111. The smallest absolute Gasteiger partial charge is 0.307 e. The van der Waals surface area contributed by atoms with Crippen molar-refractivity contribution in [3.63, 3.8) is 0 Å². The number of ketones is 1. The lowest BCUT2D eigenvalue weighted by molar-refractivity contribution is -0.384. The fraction of sp³-hybridized carbons (Fsp3) is 0.176. The summed E-state index contributed by atoms with van der Waals surface area (Å²) >= 11 is 0. The van der Waals surface area contributed by atoms with Gasteiger partial charge in [0, 0.05) is 24.1 Å². The van der Waals surface area contributed by atoms with E-state index in [-0.39, 0.29) is 29.9 Å². The quantitative estimate of drug-likeness (QED) is 0.481. The van der Waals surface area contributed by atoms with Gasteiger partial charge < -0.3 is 5.11 Å². The third-order valence-corrected chi connectivity index (χ3v) is 3.51. The van der Waals surface area contributed by atoms with Gasteiger partial charge in [0.2, 0.25) is 0 Å². The van der Waals surface area contributed by atoms with Gasteiger partial charge in [-0.15, -0.1) is 0 Å². The number of carbonyl (C=O) groups is 2. The predicted octanol–water partition coefficient (Wildman–Crippen LogP) is 3.11. The largest absolute Gasteiger partial charge is 0.481 e. The number of hydrogen-bond donors (Lipinski definition) is 1. The van der Waals surface area contributed by atoms with E-state index >= 15 is 0 Å². The van der Waals surface area contributed by atoms with Crippen molar-refractivity contribution in [2.24, 2.45) is 5.92 Å². The van der Waals surface area contributed by atoms with Gasteiger partial charge >= 0.3 is 5.97 Å². The minimum Gasteiger partial charge on any atom is -0.481 e. The summed E-state index contributed by atoms with van der Waals surface area (Å²) in [5, 5.41) is 19.9. The molecule has 0 spiro atoms. The van der Waals surface area contributed by atoms with Gasteiger partial charge in [0.1, 0.15) is 0 Å². The molecule has 6 nitrogen and oxygen atoms in total. The maximum Gasteiger partial charge on any atom is 0.307 e. The third kappa shape index (κ3) is 4.47. The molecule has 0 bridgehead atoms. The number of carboxylic acid groups (broad SMARTS) is 1. The molecule has 0 saturated carbocycles. The first-order valence-corrected chi connectivity index (χ1v) is 7.01. The lowest BCUT2D eigenvalue weighted by Gasteiger charge is -2.11. The molecule has 0 aliphatic carbocycles. The Kier molecular flexibility index (Phi) is 5.19. The van der Waals surface area contributed by atoms with E-state index in [1.807, 2.05) is 30.3 Å². The van der Waals surface area contributed by atoms with Crippen LogP contribution in [0.3, 0.4) is 0 Å². The molecular weight excluding hydrogens is 298 g/mol. The van der Waals surface area contributed by atoms with Gasteiger partial charge in [-0.05, 0) is 24.1 Å². The summed E-state index contributed by atoms with van der Waals surface area (Å²) in [5.74, 6) is -2.22. The second-order valence-electron chi connectivity index (χ2n) is 5.16. The molecular formula is C17H15NO5. The summed E-state index contributed by atoms with van der Waals surface area (Å²) in [5.41, 5.74) is 1.01. The molecule has 1 atom stereocenters. The van der Waals surface area contributed by atoms with E-state index in [0.29, 0.717) is 0 Å². The molecule has 1 N–H and O–H groups in total. The molecule has 0 aliphatic heterocycles. The summed E-state index contributed by atoms with van der Waals surface area (Å²) in [6, 6.07) is 14.3. The van der Waals surface area contributed by atoms with Crippen molar-refractivity contribution in [3.05, 3.63) is 75.8 Å². The van der Waals surface area contributed by atoms with Crippen LogP contribution in [0.5, 0.6) is 0 Å². The molecule has 0 aromatic heterocycles. The van der Waals surface area contributed by atoms with E-state index in [9.17, 15) is 24.8 Å². The Bertz CT molecular complexity index is 710. The van der Waals surface area contributed by atoms with Crippen LogP contribution in [-0.4, -0.2) is 21.8 Å². The number of aliphatic carboxylic acids is 1. The second kappa shape index (κ2) is 7.31. The molecule has 118 valence electrons. The number of hydrogen-bond acceptors (Lipinski definition) is 4. The summed E-state index contributed by atoms with van der Waals surface area (Å²) in [6.45, 7) is 0. The van der Waals surface area contributed by atoms with Crippen LogP contribution >= 0.6 is 0 Å². The van der Waals surface area contributed by atoms with Gasteiger partial charge in [-0.1, -0.05) is 30.3 Å². The average molecular weight is 313 g/mol. The number of nitro benzene ring substituents is 1. The van der Waals surface area contributed by atoms with Gasteiger partial charge in [-0.2, -0.15) is 0 Å². The molecule has 2 aromatic rings. The summed E-state index contributed by atoms with van der Waals surface area (Å²) < 4.78 is 0. The normalized spacial score (nSPS) is 11.7. The topological polar surface area (TPSA) is 97.5 Å². The maximum absolute atomic E-state index is 12.2. The SMILES string of the molecule is O=C(CC(Cc1ccccc1)C(=O)O)c1ccc([N+](=O)[O-])cc1. The number of nitro groups is 1. The van der Waals surface area contributed by atoms with E-state index in [4.69, 9.17) is 0 Å². The Morgan fingerprint density at radius 3 is 2.17 bits per heavy atom. The Balaban J connectivity index is 2.08. The zero-order valence-electron chi connectivity index (χ0n) is 12.2. The van der Waals surface area contributed by atoms with Gasteiger partial charge in [0.15, 0.2) is 5.78 Å². The Labute approximate surface area is 132 Å². The zero-order valence-corrected chi connectivity index (χ0v) is 12.2. The second-order valence-corrected chi connectivity index (χ2v) is 5.16. The standard InChI is InChI=1S/C17H15NO5/c19-16(13-6-8-15(9-7-13)18(22)23)11-14(17(20)21)10-12-4-2-1-3-5-12/h1-9,14H,10-11H2,(H,20,21). The number of benzene rings is 2. The maximum atomic E-state index is 12.2. The van der Waals surface area contributed by atoms with Crippen molar-refractivity contribution in [1.29, 1.82) is 0 Å². The molecule has 0 saturated heterocycles. The van der Waals surface area contributed by atoms with Crippen LogP contribution in [0.2, 0.25) is 0 Å². The molecule has 23 heavy (non-hydrogen) atoms. The highest BCUT2D eigenvalue weighted by Crippen LogP contribution is 2.18. The molecule has 2 rings (SSSR count). The van der Waals surface area contributed by atoms with Crippen molar-refractivity contribution in [3.8, 4) is 0 Å². The number of nitrogens with zero attached hydrogens (tertiary/aromatic N) is 1. The first-order chi connectivity index (χ1) is 11.0. The molecule has 0 fully saturated rings. The minimum atomic E-state index is -1.04. The molecule has 0 aliphatic rings. The van der Waals surface area contributed by atoms with Gasteiger partial charge in [-0.25, -0.2) is 0 Å². The monoisotopic (exact) mass is 313 g/mol. The van der Waals surface area contributed by atoms with Crippen molar-refractivity contribution in [2.75, 3.05) is 0 Å². The highest BCUT2D eigenvalue weighted by molar-refractivity contribution is 5.98. The fourth-order valence-electron chi connectivity index (χ4n) is 2.26. The van der Waals surface area contributed by atoms with E-state index in [1.165, 1.54) is 24.3 Å². The predicted molar refractivity (Wildman–Crippen MR) is 83.3 cm³/mol. The van der Waals surface area contributed by atoms with Crippen LogP contribution in [0.4, 0.5) is 5.69 Å². The van der Waals surface area contributed by atoms with Crippen LogP contribution in [0.15, 0.2) is 54.6 Å². The van der Waals surface area contributed by atoms with E-state index in [0.717, 1.165) is 5.56 Å². The number of rotatable bonds is 7. The zero-order chi connectivity index (χ0) is 16.8. The van der Waals surface area contributed by atoms with E-state index in [2.05, 4.69) is 0 Å². The molecule has 2 aromatic carbocycles. The fourth-order valence-corrected chi connectivity index (χ4v) is 2.26. The average Bonchev–Trinajstić information content (AvgIpc) is 2.55. The van der Waals surface area contributed by atoms with Crippen molar-refractivity contribution in [1.82, 2.24) is 0 Å². The highest BCUT2D eigenvalue weighted by Gasteiger charge is 2.22. The van der Waals surface area contributed by atoms with Crippen LogP contribution in [0.25, 0.3) is 0 Å². The van der Waals surface area contributed by atoms with Gasteiger partial charge in [-0.3, -0.25) is 19.7 Å². The van der Waals surface area contributed by atoms with Crippen molar-refractivity contribution < 1.29 is 19.6 Å². The Morgan fingerprint density at radius 1 is 1.04 bits per heavy atom. The summed E-state index contributed by atoms with van der Waals surface area (Å²) in [7, 11) is 0. The lowest BCUT2D eigenvalue weighted by atomic mass is 9.92. The highest BCUT2D eigenvalue weighted by atomic mass is 16.6. The number of Topliss-reactive ketones (excluding diaryl/α,β-unsaturated/α-hetero) is 1. The third-order valence-electron chi connectivity index (χ3n) is 3.51. The first kappa shape index (κ1) is 16.4. The van der Waals surface area contributed by atoms with Crippen LogP contribution < -0.4 is 0 Å². The number of carboxylic acids is 1. The number of carbonyl (C=O) groups excluding carboxylic acids is 1. The van der Waals surface area contributed by atoms with E-state index < -0.39 is 16.8 Å². The number of non-ortho nitro benzene ring substituents is 1. The summed E-state index contributed by atoms with van der Waals surface area (Å²) in [6.07, 6.45) is 0.108. The molecule has 0 heterocycles. The first-order valence-electron chi connectivity index (χ1n) is 7.01. The lowest BCUT2D eigenvalue weighted by Crippen LogP contribution is -2.20. The molecule has 0 amide bonds.